The van der Waals surface area contributed by atoms with E-state index in [4.69, 9.17) is 18.9 Å². The summed E-state index contributed by atoms with van der Waals surface area (Å²) >= 11 is 0. The Morgan fingerprint density at radius 3 is 2.77 bits per heavy atom. The third kappa shape index (κ3) is 1.52. The van der Waals surface area contributed by atoms with Crippen LogP contribution in [0.15, 0.2) is 23.8 Å². The van der Waals surface area contributed by atoms with Crippen molar-refractivity contribution in [2.24, 2.45) is 28.6 Å². The lowest BCUT2D eigenvalue weighted by Crippen LogP contribution is -2.80. The van der Waals surface area contributed by atoms with Gasteiger partial charge in [-0.3, -0.25) is 0 Å². The Morgan fingerprint density at radius 2 is 2.07 bits per heavy atom. The first-order chi connectivity index (χ1) is 14.3. The molecule has 2 bridgehead atoms. The molecule has 6 heteroatoms. The summed E-state index contributed by atoms with van der Waals surface area (Å²) in [6, 6.07) is 0. The van der Waals surface area contributed by atoms with Gasteiger partial charge in [0.15, 0.2) is 6.10 Å². The molecule has 0 unspecified atom stereocenters. The molecule has 0 radical (unpaired) electrons. The number of carbonyl (C=O) groups excluding carboxylic acids is 2. The van der Waals surface area contributed by atoms with Crippen LogP contribution in [-0.2, 0) is 28.5 Å². The fourth-order valence-corrected chi connectivity index (χ4v) is 9.04. The van der Waals surface area contributed by atoms with Crippen molar-refractivity contribution < 1.29 is 28.5 Å². The summed E-state index contributed by atoms with van der Waals surface area (Å²) in [5.74, 6) is 0.320. The van der Waals surface area contributed by atoms with Crippen molar-refractivity contribution in [2.45, 2.75) is 76.0 Å². The van der Waals surface area contributed by atoms with Gasteiger partial charge in [0.1, 0.15) is 17.8 Å². The van der Waals surface area contributed by atoms with Crippen molar-refractivity contribution in [1.82, 2.24) is 0 Å². The third-order valence-corrected chi connectivity index (χ3v) is 10.2. The Labute approximate surface area is 175 Å². The third-order valence-electron chi connectivity index (χ3n) is 10.2. The SMILES string of the molecule is C=CC(=O)O[C@@H]1[C@@]2(C(C)C)O[C@H]2[C@@H]2C[C@@]23[C@@]2(C)CCC4=C(COC4=O)[C@@H]2[C@H]2C[C@@]13O2. The summed E-state index contributed by atoms with van der Waals surface area (Å²) in [6.07, 6.45) is 4.62. The lowest BCUT2D eigenvalue weighted by atomic mass is 9.40. The number of hydrogen-bond donors (Lipinski definition) is 0. The van der Waals surface area contributed by atoms with E-state index in [1.165, 1.54) is 11.6 Å². The normalized spacial score (nSPS) is 55.9. The van der Waals surface area contributed by atoms with Crippen LogP contribution >= 0.6 is 0 Å². The predicted octanol–water partition coefficient (Wildman–Crippen LogP) is 2.71. The van der Waals surface area contributed by atoms with Crippen molar-refractivity contribution in [3.63, 3.8) is 0 Å². The lowest BCUT2D eigenvalue weighted by Gasteiger charge is -2.72. The molecule has 6 fully saturated rings. The standard InChI is InChI=1S/C24H28O6/c1-5-16(25)28-20-23-9-15(29-23)17-13-10-27-19(26)12(13)6-7-21(17,4)22(23)8-14(22)18-24(20,30-18)11(2)3/h5,11,14-15,17-18,20H,1,6-10H2,2-4H3/t14-,15+,17+,18-,20-,21-,22-,23+,24-/m0/s1. The maximum Gasteiger partial charge on any atom is 0.334 e. The second-order valence-corrected chi connectivity index (χ2v) is 11.1. The summed E-state index contributed by atoms with van der Waals surface area (Å²) in [5.41, 5.74) is 1.03. The van der Waals surface area contributed by atoms with Gasteiger partial charge in [-0.2, -0.15) is 0 Å². The molecule has 0 aromatic carbocycles. The molecule has 4 aliphatic carbocycles. The van der Waals surface area contributed by atoms with Gasteiger partial charge >= 0.3 is 11.9 Å². The van der Waals surface area contributed by atoms with Gasteiger partial charge in [-0.1, -0.05) is 27.4 Å². The molecule has 0 aromatic heterocycles. The smallest absolute Gasteiger partial charge is 0.334 e. The van der Waals surface area contributed by atoms with Crippen molar-refractivity contribution in [2.75, 3.05) is 6.61 Å². The molecule has 3 saturated heterocycles. The highest BCUT2D eigenvalue weighted by molar-refractivity contribution is 5.92. The van der Waals surface area contributed by atoms with Gasteiger partial charge in [0, 0.05) is 29.4 Å². The summed E-state index contributed by atoms with van der Waals surface area (Å²) < 4.78 is 24.8. The molecule has 3 saturated carbocycles. The first kappa shape index (κ1) is 18.0. The van der Waals surface area contributed by atoms with Crippen LogP contribution in [0.4, 0.5) is 0 Å². The number of epoxide rings is 1. The fraction of sp³-hybridized carbons (Fsp3) is 0.750. The van der Waals surface area contributed by atoms with E-state index in [1.54, 1.807) is 0 Å². The zero-order valence-electron chi connectivity index (χ0n) is 17.7. The van der Waals surface area contributed by atoms with E-state index < -0.39 is 23.3 Å². The van der Waals surface area contributed by atoms with Crippen molar-refractivity contribution >= 4 is 11.9 Å². The number of esters is 2. The molecule has 9 atom stereocenters. The summed E-state index contributed by atoms with van der Waals surface area (Å²) in [4.78, 5) is 24.6. The predicted molar refractivity (Wildman–Crippen MR) is 104 cm³/mol. The molecular formula is C24H28O6. The van der Waals surface area contributed by atoms with Crippen molar-refractivity contribution in [1.29, 1.82) is 0 Å². The number of fused-ring (bicyclic) bond motifs is 2. The molecule has 6 nitrogen and oxygen atoms in total. The number of ether oxygens (including phenoxy) is 4. The molecule has 8 rings (SSSR count). The van der Waals surface area contributed by atoms with Crippen LogP contribution in [0.25, 0.3) is 0 Å². The molecule has 30 heavy (non-hydrogen) atoms. The summed E-state index contributed by atoms with van der Waals surface area (Å²) in [7, 11) is 0. The van der Waals surface area contributed by atoms with Gasteiger partial charge in [-0.15, -0.1) is 0 Å². The van der Waals surface area contributed by atoms with Crippen LogP contribution in [0, 0.1) is 28.6 Å². The number of cyclic esters (lactones) is 1. The molecule has 4 aliphatic heterocycles. The van der Waals surface area contributed by atoms with Crippen LogP contribution in [0.2, 0.25) is 0 Å². The van der Waals surface area contributed by atoms with E-state index in [1.807, 2.05) is 0 Å². The maximum absolute atomic E-state index is 12.4. The zero-order valence-corrected chi connectivity index (χ0v) is 17.7. The molecule has 160 valence electrons. The van der Waals surface area contributed by atoms with Crippen LogP contribution < -0.4 is 0 Å². The zero-order chi connectivity index (χ0) is 20.8. The monoisotopic (exact) mass is 412 g/mol. The maximum atomic E-state index is 12.4. The molecule has 0 aromatic rings. The van der Waals surface area contributed by atoms with E-state index in [2.05, 4.69) is 27.4 Å². The van der Waals surface area contributed by atoms with E-state index in [0.717, 1.165) is 31.3 Å². The van der Waals surface area contributed by atoms with Crippen LogP contribution in [0.1, 0.15) is 46.5 Å². The highest BCUT2D eigenvalue weighted by atomic mass is 16.7. The van der Waals surface area contributed by atoms with Crippen LogP contribution in [-0.4, -0.2) is 48.1 Å². The summed E-state index contributed by atoms with van der Waals surface area (Å²) in [5, 5.41) is 0. The number of carbonyl (C=O) groups is 2. The minimum atomic E-state index is -0.495. The number of rotatable bonds is 3. The van der Waals surface area contributed by atoms with Crippen LogP contribution in [0.3, 0.4) is 0 Å². The second-order valence-electron chi connectivity index (χ2n) is 11.1. The molecule has 0 N–H and O–H groups in total. The Kier molecular flexibility index (Phi) is 2.92. The van der Waals surface area contributed by atoms with Gasteiger partial charge in [0.25, 0.3) is 0 Å². The second kappa shape index (κ2) is 4.88. The Morgan fingerprint density at radius 1 is 1.30 bits per heavy atom. The van der Waals surface area contributed by atoms with Crippen LogP contribution in [0.5, 0.6) is 0 Å². The Bertz CT molecular complexity index is 959. The van der Waals surface area contributed by atoms with Gasteiger partial charge < -0.3 is 18.9 Å². The molecule has 0 amide bonds. The first-order valence-electron chi connectivity index (χ1n) is 11.3. The fourth-order valence-electron chi connectivity index (χ4n) is 9.04. The van der Waals surface area contributed by atoms with Crippen molar-refractivity contribution in [3.05, 3.63) is 23.8 Å². The molecule has 4 heterocycles. The first-order valence-corrected chi connectivity index (χ1v) is 11.3. The highest BCUT2D eigenvalue weighted by Gasteiger charge is 2.96. The average molecular weight is 412 g/mol. The minimum absolute atomic E-state index is 0.000424. The van der Waals surface area contributed by atoms with Gasteiger partial charge in [0.05, 0.1) is 12.2 Å². The quantitative estimate of drug-likeness (QED) is 0.403. The van der Waals surface area contributed by atoms with E-state index >= 15 is 0 Å². The number of hydrogen-bond acceptors (Lipinski definition) is 6. The van der Waals surface area contributed by atoms with Gasteiger partial charge in [0.2, 0.25) is 0 Å². The largest absolute Gasteiger partial charge is 0.458 e. The lowest BCUT2D eigenvalue weighted by molar-refractivity contribution is -0.378. The summed E-state index contributed by atoms with van der Waals surface area (Å²) in [6.45, 7) is 10.7. The molecular weight excluding hydrogens is 384 g/mol. The van der Waals surface area contributed by atoms with E-state index in [9.17, 15) is 9.59 Å². The van der Waals surface area contributed by atoms with E-state index in [0.29, 0.717) is 12.5 Å². The Balaban J connectivity index is 1.38. The van der Waals surface area contributed by atoms with Gasteiger partial charge in [-0.25, -0.2) is 9.59 Å². The topological polar surface area (TPSA) is 74.4 Å². The minimum Gasteiger partial charge on any atom is -0.458 e. The molecule has 2 spiro atoms. The van der Waals surface area contributed by atoms with Gasteiger partial charge in [-0.05, 0) is 42.1 Å². The molecule has 8 aliphatic rings. The highest BCUT2D eigenvalue weighted by Crippen LogP contribution is 2.89. The van der Waals surface area contributed by atoms with Crippen molar-refractivity contribution in [3.8, 4) is 0 Å². The van der Waals surface area contributed by atoms with E-state index in [-0.39, 0.29) is 40.8 Å². The average Bonchev–Trinajstić information content (AvgIpc) is 3.55. The Hall–Kier alpha value is -1.66.